The molecule has 0 bridgehead atoms. The molecule has 8 N–H and O–H groups in total. The van der Waals surface area contributed by atoms with Gasteiger partial charge in [0.1, 0.15) is 0 Å². The van der Waals surface area contributed by atoms with Crippen molar-refractivity contribution in [3.05, 3.63) is 0 Å². The lowest BCUT2D eigenvalue weighted by atomic mass is 10.0. The van der Waals surface area contributed by atoms with Gasteiger partial charge in [-0.15, -0.1) is 0 Å². The van der Waals surface area contributed by atoms with E-state index in [2.05, 4.69) is 0 Å². The Kier molecular flexibility index (Phi) is 7.88. The third-order valence-electron chi connectivity index (χ3n) is 3.68. The van der Waals surface area contributed by atoms with E-state index >= 15 is 0 Å². The summed E-state index contributed by atoms with van der Waals surface area (Å²) in [5.41, 5.74) is 0. The molecule has 1 atom stereocenters. The zero-order valence-corrected chi connectivity index (χ0v) is 16.4. The first kappa shape index (κ1) is 24.6. The molecule has 0 aromatic heterocycles. The van der Waals surface area contributed by atoms with Crippen molar-refractivity contribution in [2.45, 2.75) is 43.4 Å². The van der Waals surface area contributed by atoms with Gasteiger partial charge in [-0.25, -0.2) is 0 Å². The largest absolute Gasteiger partial charge is 0.343 e. The Hall–Kier alpha value is 0.600. The second-order valence-corrected chi connectivity index (χ2v) is 14.4. The highest BCUT2D eigenvalue weighted by atomic mass is 31.2. The van der Waals surface area contributed by atoms with E-state index in [0.717, 1.165) is 0 Å². The monoisotopic (exact) mass is 434 g/mol. The topological polar surface area (TPSA) is 230 Å². The lowest BCUT2D eigenvalue weighted by molar-refractivity contribution is 0.287. The quantitative estimate of drug-likeness (QED) is 0.233. The minimum atomic E-state index is -5.25. The van der Waals surface area contributed by atoms with Gasteiger partial charge in [0.2, 0.25) is 0 Å². The van der Waals surface area contributed by atoms with Crippen molar-refractivity contribution in [2.24, 2.45) is 5.92 Å². The maximum Gasteiger partial charge on any atom is 0.343 e. The Morgan fingerprint density at radius 2 is 1.08 bits per heavy atom. The van der Waals surface area contributed by atoms with Crippen LogP contribution in [-0.2, 0) is 18.3 Å². The highest BCUT2D eigenvalue weighted by Crippen LogP contribution is 2.71. The molecule has 0 aliphatic rings. The van der Waals surface area contributed by atoms with Crippen LogP contribution in [-0.4, -0.2) is 49.4 Å². The Bertz CT molecular complexity index is 577. The molecule has 0 rings (SSSR count). The van der Waals surface area contributed by atoms with E-state index in [-0.39, 0.29) is 6.42 Å². The Labute approximate surface area is 137 Å². The van der Waals surface area contributed by atoms with Crippen LogP contribution in [0.3, 0.4) is 0 Å². The summed E-state index contributed by atoms with van der Waals surface area (Å²) < 4.78 is 45.2. The van der Waals surface area contributed by atoms with Crippen LogP contribution in [0.5, 0.6) is 0 Å². The summed E-state index contributed by atoms with van der Waals surface area (Å²) in [6.07, 6.45) is -1.72. The molecule has 0 heterocycles. The Morgan fingerprint density at radius 1 is 0.750 bits per heavy atom. The van der Waals surface area contributed by atoms with Gasteiger partial charge >= 0.3 is 30.4 Å². The molecule has 0 spiro atoms. The standard InChI is InChI=1S/C8H22O12P4/c1-6(3-4-7(21(9,10)11)22(12,13)14)5-8(2,23(15,16)17)24(18,19)20/h6-7H,3-5H2,1-2H3,(H2,9,10,11)(H2,12,13,14)(H2,15,16,17)(H2,18,19,20). The normalized spacial score (nSPS) is 16.5. The van der Waals surface area contributed by atoms with Gasteiger partial charge in [-0.2, -0.15) is 0 Å². The summed E-state index contributed by atoms with van der Waals surface area (Å²) in [4.78, 5) is 70.1. The van der Waals surface area contributed by atoms with E-state index in [1.54, 1.807) is 0 Å². The van der Waals surface area contributed by atoms with E-state index in [1.807, 2.05) is 0 Å². The van der Waals surface area contributed by atoms with Crippen LogP contribution >= 0.6 is 30.4 Å². The summed E-state index contributed by atoms with van der Waals surface area (Å²) in [6, 6.07) is 0. The maximum atomic E-state index is 11.4. The predicted octanol–water partition coefficient (Wildman–Crippen LogP) is 0.546. The van der Waals surface area contributed by atoms with Gasteiger partial charge < -0.3 is 39.1 Å². The van der Waals surface area contributed by atoms with E-state index in [0.29, 0.717) is 6.92 Å². The second-order valence-electron chi connectivity index (χ2n) is 5.85. The van der Waals surface area contributed by atoms with Crippen molar-refractivity contribution < 1.29 is 57.4 Å². The number of hydrogen-bond acceptors (Lipinski definition) is 4. The van der Waals surface area contributed by atoms with Crippen LogP contribution in [0.1, 0.15) is 33.1 Å². The van der Waals surface area contributed by atoms with Crippen molar-refractivity contribution >= 4 is 30.4 Å². The summed E-state index contributed by atoms with van der Waals surface area (Å²) >= 11 is 0. The fourth-order valence-electron chi connectivity index (χ4n) is 2.14. The fourth-order valence-corrected chi connectivity index (χ4v) is 7.13. The highest BCUT2D eigenvalue weighted by molar-refractivity contribution is 7.72. The van der Waals surface area contributed by atoms with E-state index < -0.39 is 59.4 Å². The van der Waals surface area contributed by atoms with Crippen LogP contribution in [0.2, 0.25) is 0 Å². The van der Waals surface area contributed by atoms with Gasteiger partial charge in [0, 0.05) is 0 Å². The lowest BCUT2D eigenvalue weighted by Gasteiger charge is -2.33. The molecule has 0 aliphatic carbocycles. The van der Waals surface area contributed by atoms with Gasteiger partial charge in [0.25, 0.3) is 0 Å². The molecular weight excluding hydrogens is 412 g/mol. The van der Waals surface area contributed by atoms with Crippen molar-refractivity contribution in [1.82, 2.24) is 0 Å². The molecule has 0 saturated carbocycles. The molecule has 0 amide bonds. The minimum absolute atomic E-state index is 0.323. The van der Waals surface area contributed by atoms with Gasteiger partial charge in [-0.1, -0.05) is 6.92 Å². The maximum absolute atomic E-state index is 11.4. The average Bonchev–Trinajstić information content (AvgIpc) is 2.21. The number of rotatable bonds is 9. The first-order valence-corrected chi connectivity index (χ1v) is 13.0. The zero-order valence-electron chi connectivity index (χ0n) is 12.8. The van der Waals surface area contributed by atoms with Crippen molar-refractivity contribution in [3.63, 3.8) is 0 Å². The summed E-state index contributed by atoms with van der Waals surface area (Å²) in [5, 5.41) is -2.29. The van der Waals surface area contributed by atoms with E-state index in [1.165, 1.54) is 6.92 Å². The van der Waals surface area contributed by atoms with E-state index in [4.69, 9.17) is 19.6 Å². The van der Waals surface area contributed by atoms with E-state index in [9.17, 15) is 37.8 Å². The zero-order chi connectivity index (χ0) is 19.8. The van der Waals surface area contributed by atoms with Crippen LogP contribution in [0.25, 0.3) is 0 Å². The summed E-state index contributed by atoms with van der Waals surface area (Å²) in [5.74, 6) is -0.893. The molecule has 146 valence electrons. The van der Waals surface area contributed by atoms with Crippen LogP contribution in [0.15, 0.2) is 0 Å². The molecule has 16 heteroatoms. The van der Waals surface area contributed by atoms with Crippen LogP contribution < -0.4 is 0 Å². The average molecular weight is 434 g/mol. The van der Waals surface area contributed by atoms with Gasteiger partial charge in [-0.05, 0) is 32.1 Å². The highest BCUT2D eigenvalue weighted by Gasteiger charge is 2.56. The van der Waals surface area contributed by atoms with Crippen molar-refractivity contribution in [1.29, 1.82) is 0 Å². The SMILES string of the molecule is CC(CCC(P(=O)(O)O)P(=O)(O)O)CC(C)(P(=O)(O)O)P(=O)(O)O. The smallest absolute Gasteiger partial charge is 0.324 e. The Balaban J connectivity index is 5.30. The molecule has 0 aromatic rings. The molecular formula is C8H22O12P4. The predicted molar refractivity (Wildman–Crippen MR) is 83.4 cm³/mol. The first-order chi connectivity index (χ1) is 10.2. The molecule has 0 fully saturated rings. The van der Waals surface area contributed by atoms with Crippen LogP contribution in [0, 0.1) is 5.92 Å². The molecule has 1 unspecified atom stereocenters. The van der Waals surface area contributed by atoms with Crippen molar-refractivity contribution in [3.8, 4) is 0 Å². The number of hydrogen-bond donors (Lipinski definition) is 8. The minimum Gasteiger partial charge on any atom is -0.324 e. The molecule has 0 aromatic carbocycles. The third-order valence-corrected chi connectivity index (χ3v) is 12.0. The molecule has 12 nitrogen and oxygen atoms in total. The third kappa shape index (κ3) is 6.40. The van der Waals surface area contributed by atoms with Crippen molar-refractivity contribution in [2.75, 3.05) is 0 Å². The fraction of sp³-hybridized carbons (Fsp3) is 1.00. The molecule has 0 saturated heterocycles. The molecule has 0 radical (unpaired) electrons. The molecule has 0 aliphatic heterocycles. The van der Waals surface area contributed by atoms with Crippen LogP contribution in [0.4, 0.5) is 0 Å². The van der Waals surface area contributed by atoms with Gasteiger partial charge in [0.05, 0.1) is 0 Å². The first-order valence-electron chi connectivity index (χ1n) is 6.45. The lowest BCUT2D eigenvalue weighted by Crippen LogP contribution is -2.28. The van der Waals surface area contributed by atoms with Gasteiger partial charge in [-0.3, -0.25) is 18.3 Å². The van der Waals surface area contributed by atoms with Gasteiger partial charge in [0.15, 0.2) is 10.3 Å². The Morgan fingerprint density at radius 3 is 1.33 bits per heavy atom. The summed E-state index contributed by atoms with van der Waals surface area (Å²) in [7, 11) is -20.8. The summed E-state index contributed by atoms with van der Waals surface area (Å²) in [6.45, 7) is 1.98. The second kappa shape index (κ2) is 7.69. The molecule has 24 heavy (non-hydrogen) atoms.